The van der Waals surface area contributed by atoms with Gasteiger partial charge in [-0.1, -0.05) is 5.10 Å². The van der Waals surface area contributed by atoms with Crippen LogP contribution >= 0.6 is 12.0 Å². The minimum absolute atomic E-state index is 0.129. The molecule has 16 heavy (non-hydrogen) atoms. The second-order valence-electron chi connectivity index (χ2n) is 2.76. The van der Waals surface area contributed by atoms with E-state index in [2.05, 4.69) is 14.5 Å². The van der Waals surface area contributed by atoms with E-state index in [1.165, 1.54) is 10.9 Å². The van der Waals surface area contributed by atoms with Crippen LogP contribution in [0, 0.1) is 0 Å². The number of hydrogen-bond donors (Lipinski definition) is 1. The Morgan fingerprint density at radius 3 is 3.00 bits per heavy atom. The molecule has 0 aromatic carbocycles. The summed E-state index contributed by atoms with van der Waals surface area (Å²) < 4.78 is 35.5. The van der Waals surface area contributed by atoms with Crippen molar-refractivity contribution in [1.29, 1.82) is 0 Å². The quantitative estimate of drug-likeness (QED) is 0.323. The molecule has 1 rings (SSSR count). The van der Waals surface area contributed by atoms with Crippen LogP contribution in [0.1, 0.15) is 6.42 Å². The lowest BCUT2D eigenvalue weighted by Crippen LogP contribution is -2.08. The fraction of sp³-hybridized carbons (Fsp3) is 0.667. The molecule has 0 saturated carbocycles. The van der Waals surface area contributed by atoms with E-state index in [1.807, 2.05) is 0 Å². The van der Waals surface area contributed by atoms with Gasteiger partial charge >= 0.3 is 6.01 Å². The zero-order valence-corrected chi connectivity index (χ0v) is 10.1. The van der Waals surface area contributed by atoms with E-state index in [4.69, 9.17) is 9.44 Å². The van der Waals surface area contributed by atoms with Crippen LogP contribution in [0.3, 0.4) is 0 Å². The third-order valence-electron chi connectivity index (χ3n) is 1.56. The molecule has 8 nitrogen and oxygen atoms in total. The maximum Gasteiger partial charge on any atom is 0.355 e. The Morgan fingerprint density at radius 2 is 2.38 bits per heavy atom. The van der Waals surface area contributed by atoms with E-state index in [0.29, 0.717) is 6.54 Å². The third kappa shape index (κ3) is 4.79. The molecule has 0 radical (unpaired) electrons. The van der Waals surface area contributed by atoms with Crippen LogP contribution in [0.25, 0.3) is 0 Å². The van der Waals surface area contributed by atoms with Crippen molar-refractivity contribution in [2.45, 2.75) is 13.0 Å². The van der Waals surface area contributed by atoms with E-state index < -0.39 is 10.1 Å². The van der Waals surface area contributed by atoms with Gasteiger partial charge in [0.05, 0.1) is 5.75 Å². The maximum atomic E-state index is 10.5. The van der Waals surface area contributed by atoms with E-state index in [9.17, 15) is 8.42 Å². The van der Waals surface area contributed by atoms with Gasteiger partial charge in [-0.2, -0.15) is 8.42 Å². The van der Waals surface area contributed by atoms with Crippen molar-refractivity contribution in [3.8, 4) is 6.01 Å². The Kier molecular flexibility index (Phi) is 4.99. The van der Waals surface area contributed by atoms with Gasteiger partial charge in [0.1, 0.15) is 6.33 Å². The molecule has 0 bridgehead atoms. The first-order chi connectivity index (χ1) is 7.53. The predicted octanol–water partition coefficient (Wildman–Crippen LogP) is 0.144. The van der Waals surface area contributed by atoms with Crippen LogP contribution in [0.2, 0.25) is 0 Å². The molecule has 1 aromatic heterocycles. The second kappa shape index (κ2) is 6.03. The molecule has 1 heterocycles. The molecule has 0 amide bonds. The lowest BCUT2D eigenvalue weighted by molar-refractivity contribution is -0.0902. The minimum Gasteiger partial charge on any atom is -0.286 e. The standard InChI is InChI=1S/C6H11N3O5S2/c1-15-14-13-6-8-7-5-9(6)3-2-4-16(10,11)12/h5H,2-4H2,1H3,(H,10,11,12). The van der Waals surface area contributed by atoms with Crippen molar-refractivity contribution >= 4 is 22.2 Å². The largest absolute Gasteiger partial charge is 0.355 e. The summed E-state index contributed by atoms with van der Waals surface area (Å²) in [5.41, 5.74) is 0. The summed E-state index contributed by atoms with van der Waals surface area (Å²) in [5.74, 6) is -0.325. The molecule has 0 aliphatic heterocycles. The zero-order chi connectivity index (χ0) is 12.0. The van der Waals surface area contributed by atoms with Gasteiger partial charge in [0.15, 0.2) is 0 Å². The average molecular weight is 269 g/mol. The normalized spacial score (nSPS) is 11.6. The monoisotopic (exact) mass is 269 g/mol. The first-order valence-electron chi connectivity index (χ1n) is 4.23. The van der Waals surface area contributed by atoms with Crippen LogP contribution < -0.4 is 4.89 Å². The highest BCUT2D eigenvalue weighted by molar-refractivity contribution is 7.93. The highest BCUT2D eigenvalue weighted by Gasteiger charge is 2.09. The second-order valence-corrected chi connectivity index (χ2v) is 4.81. The fourth-order valence-electron chi connectivity index (χ4n) is 0.944. The van der Waals surface area contributed by atoms with Crippen molar-refractivity contribution in [3.63, 3.8) is 0 Å². The molecule has 0 spiro atoms. The lowest BCUT2D eigenvalue weighted by Gasteiger charge is -2.04. The summed E-state index contributed by atoms with van der Waals surface area (Å²) in [6.07, 6.45) is 3.27. The van der Waals surface area contributed by atoms with Gasteiger partial charge in [-0.25, -0.2) is 0 Å². The fourth-order valence-corrected chi connectivity index (χ4v) is 1.57. The van der Waals surface area contributed by atoms with Crippen LogP contribution in [-0.2, 0) is 21.0 Å². The van der Waals surface area contributed by atoms with E-state index in [-0.39, 0.29) is 18.2 Å². The molecule has 92 valence electrons. The maximum absolute atomic E-state index is 10.5. The van der Waals surface area contributed by atoms with Gasteiger partial charge in [0, 0.05) is 24.8 Å². The third-order valence-corrected chi connectivity index (χ3v) is 2.57. The summed E-state index contributed by atoms with van der Waals surface area (Å²) in [7, 11) is -3.94. The Bertz CT molecular complexity index is 418. The molecule has 1 aromatic rings. The van der Waals surface area contributed by atoms with E-state index >= 15 is 0 Å². The topological polar surface area (TPSA) is 104 Å². The Labute approximate surface area is 96.8 Å². The van der Waals surface area contributed by atoms with Gasteiger partial charge in [0.2, 0.25) is 0 Å². The number of aryl methyl sites for hydroxylation is 1. The van der Waals surface area contributed by atoms with Gasteiger partial charge < -0.3 is 0 Å². The number of aromatic nitrogens is 3. The first-order valence-corrected chi connectivity index (χ1v) is 6.99. The van der Waals surface area contributed by atoms with Gasteiger partial charge in [-0.15, -0.1) is 9.43 Å². The van der Waals surface area contributed by atoms with E-state index in [0.717, 1.165) is 12.0 Å². The average Bonchev–Trinajstić information content (AvgIpc) is 2.60. The molecule has 0 aliphatic carbocycles. The van der Waals surface area contributed by atoms with Crippen molar-refractivity contribution in [2.75, 3.05) is 12.0 Å². The molecule has 0 fully saturated rings. The molecule has 0 aliphatic rings. The van der Waals surface area contributed by atoms with Gasteiger partial charge in [-0.05, 0) is 6.42 Å². The predicted molar refractivity (Wildman–Crippen MR) is 56.3 cm³/mol. The highest BCUT2D eigenvalue weighted by atomic mass is 32.2. The van der Waals surface area contributed by atoms with Crippen molar-refractivity contribution in [2.24, 2.45) is 0 Å². The Hall–Kier alpha value is -0.840. The number of hydrogen-bond acceptors (Lipinski definition) is 7. The van der Waals surface area contributed by atoms with Gasteiger partial charge in [-0.3, -0.25) is 14.0 Å². The summed E-state index contributed by atoms with van der Waals surface area (Å²) in [6.45, 7) is 0.305. The first kappa shape index (κ1) is 13.2. The molecule has 1 N–H and O–H groups in total. The smallest absolute Gasteiger partial charge is 0.286 e. The summed E-state index contributed by atoms with van der Waals surface area (Å²) >= 11 is 0.997. The summed E-state index contributed by atoms with van der Waals surface area (Å²) in [4.78, 5) is 4.75. The van der Waals surface area contributed by atoms with Crippen LogP contribution in [0.5, 0.6) is 6.01 Å². The molecular weight excluding hydrogens is 258 g/mol. The Balaban J connectivity index is 2.44. The zero-order valence-electron chi connectivity index (χ0n) is 8.44. The van der Waals surface area contributed by atoms with Crippen LogP contribution in [0.15, 0.2) is 6.33 Å². The molecule has 0 saturated heterocycles. The lowest BCUT2D eigenvalue weighted by atomic mass is 10.5. The molecular formula is C6H11N3O5S2. The van der Waals surface area contributed by atoms with Crippen molar-refractivity contribution < 1.29 is 22.2 Å². The minimum atomic E-state index is -3.94. The SMILES string of the molecule is CSOOc1nncn1CCCS(=O)(=O)O. The van der Waals surface area contributed by atoms with Crippen molar-refractivity contribution in [3.05, 3.63) is 6.33 Å². The highest BCUT2D eigenvalue weighted by Crippen LogP contribution is 2.09. The van der Waals surface area contributed by atoms with E-state index in [1.54, 1.807) is 6.26 Å². The Morgan fingerprint density at radius 1 is 1.62 bits per heavy atom. The molecule has 0 atom stereocenters. The molecule has 10 heteroatoms. The summed E-state index contributed by atoms with van der Waals surface area (Å²) in [6, 6.07) is 0.129. The van der Waals surface area contributed by atoms with Gasteiger partial charge in [0.25, 0.3) is 10.1 Å². The summed E-state index contributed by atoms with van der Waals surface area (Å²) in [5, 5.41) is 7.19. The van der Waals surface area contributed by atoms with Crippen LogP contribution in [-0.4, -0.2) is 39.7 Å². The number of rotatable bonds is 7. The number of nitrogens with zero attached hydrogens (tertiary/aromatic N) is 3. The van der Waals surface area contributed by atoms with Crippen LogP contribution in [0.4, 0.5) is 0 Å². The molecule has 0 unspecified atom stereocenters. The van der Waals surface area contributed by atoms with Crippen molar-refractivity contribution in [1.82, 2.24) is 14.8 Å².